The second-order valence-electron chi connectivity index (χ2n) is 6.55. The zero-order valence-electron chi connectivity index (χ0n) is 15.9. The Morgan fingerprint density at radius 3 is 2.81 bits per heavy atom. The predicted molar refractivity (Wildman–Crippen MR) is 104 cm³/mol. The quantitative estimate of drug-likeness (QED) is 0.732. The molecule has 0 unspecified atom stereocenters. The molecule has 7 nitrogen and oxygen atoms in total. The van der Waals surface area contributed by atoms with E-state index in [4.69, 9.17) is 4.74 Å². The van der Waals surface area contributed by atoms with E-state index in [1.807, 2.05) is 32.2 Å². The molecule has 1 aliphatic rings. The molecule has 1 aliphatic heterocycles. The first-order valence-electron chi connectivity index (χ1n) is 8.80. The Morgan fingerprint density at radius 2 is 2.19 bits per heavy atom. The molecule has 0 aliphatic carbocycles. The van der Waals surface area contributed by atoms with Crippen molar-refractivity contribution in [3.05, 3.63) is 53.9 Å². The van der Waals surface area contributed by atoms with Gasteiger partial charge in [-0.3, -0.25) is 14.3 Å². The van der Waals surface area contributed by atoms with Crippen molar-refractivity contribution in [2.45, 2.75) is 19.9 Å². The van der Waals surface area contributed by atoms with Crippen LogP contribution in [0.2, 0.25) is 0 Å². The summed E-state index contributed by atoms with van der Waals surface area (Å²) in [6.45, 7) is 6.69. The lowest BCUT2D eigenvalue weighted by Gasteiger charge is -2.23. The highest BCUT2D eigenvalue weighted by Gasteiger charge is 2.26. The molecule has 0 radical (unpaired) electrons. The average Bonchev–Trinajstić information content (AvgIpc) is 3.23. The molecule has 1 aromatic carbocycles. The minimum absolute atomic E-state index is 0.0581. The van der Waals surface area contributed by atoms with E-state index in [0.29, 0.717) is 13.1 Å². The molecule has 0 bridgehead atoms. The van der Waals surface area contributed by atoms with Gasteiger partial charge in [0.1, 0.15) is 6.61 Å². The summed E-state index contributed by atoms with van der Waals surface area (Å²) < 4.78 is 6.74. The van der Waals surface area contributed by atoms with E-state index in [-0.39, 0.29) is 18.4 Å². The summed E-state index contributed by atoms with van der Waals surface area (Å²) in [5.74, 6) is -0.238. The van der Waals surface area contributed by atoms with Crippen molar-refractivity contribution in [1.82, 2.24) is 9.78 Å². The summed E-state index contributed by atoms with van der Waals surface area (Å²) in [5.41, 5.74) is 4.69. The number of nitrogens with zero attached hydrogens (tertiary/aromatic N) is 4. The molecular formula is C20H24N4O3. The number of fused-ring (bicyclic) bond motifs is 1. The van der Waals surface area contributed by atoms with Gasteiger partial charge in [-0.2, -0.15) is 5.10 Å². The van der Waals surface area contributed by atoms with Crippen molar-refractivity contribution in [3.8, 4) is 0 Å². The number of aryl methyl sites for hydroxylation is 1. The van der Waals surface area contributed by atoms with Crippen LogP contribution >= 0.6 is 0 Å². The summed E-state index contributed by atoms with van der Waals surface area (Å²) >= 11 is 0. The van der Waals surface area contributed by atoms with Crippen LogP contribution in [0.3, 0.4) is 0 Å². The van der Waals surface area contributed by atoms with E-state index in [0.717, 1.165) is 34.6 Å². The maximum absolute atomic E-state index is 12.5. The van der Waals surface area contributed by atoms with Crippen LogP contribution in [0.15, 0.2) is 37.1 Å². The number of methoxy groups -OCH3 is 1. The summed E-state index contributed by atoms with van der Waals surface area (Å²) in [7, 11) is 3.39. The lowest BCUT2D eigenvalue weighted by Crippen LogP contribution is -2.32. The van der Waals surface area contributed by atoms with Crippen LogP contribution in [-0.2, 0) is 34.3 Å². The van der Waals surface area contributed by atoms with Gasteiger partial charge in [-0.05, 0) is 43.2 Å². The zero-order valence-corrected chi connectivity index (χ0v) is 15.9. The van der Waals surface area contributed by atoms with E-state index in [1.54, 1.807) is 20.7 Å². The standard InChI is InChI=1S/C20H24N4O3/c1-5-19(25)24(12-16-11-21-22(3)14(16)2)17-6-7-18-15(10-17)8-9-23(18)20(26)13-27-4/h5-7,10-11H,1,8-9,12-13H2,2-4H3. The molecule has 0 atom stereocenters. The van der Waals surface area contributed by atoms with Crippen molar-refractivity contribution in [1.29, 1.82) is 0 Å². The molecule has 3 rings (SSSR count). The number of benzene rings is 1. The summed E-state index contributed by atoms with van der Waals surface area (Å²) in [6, 6.07) is 5.73. The third-order valence-corrected chi connectivity index (χ3v) is 4.95. The molecule has 27 heavy (non-hydrogen) atoms. The molecule has 2 heterocycles. The largest absolute Gasteiger partial charge is 0.375 e. The van der Waals surface area contributed by atoms with Crippen molar-refractivity contribution < 1.29 is 14.3 Å². The van der Waals surface area contributed by atoms with Crippen LogP contribution < -0.4 is 9.80 Å². The molecule has 2 aromatic rings. The Labute approximate surface area is 158 Å². The average molecular weight is 368 g/mol. The molecule has 0 saturated heterocycles. The number of rotatable bonds is 6. The Hall–Kier alpha value is -2.93. The Balaban J connectivity index is 1.90. The predicted octanol–water partition coefficient (Wildman–Crippen LogP) is 1.98. The minimum Gasteiger partial charge on any atom is -0.375 e. The van der Waals surface area contributed by atoms with E-state index in [2.05, 4.69) is 11.7 Å². The van der Waals surface area contributed by atoms with Gasteiger partial charge in [0.05, 0.1) is 12.7 Å². The van der Waals surface area contributed by atoms with Crippen LogP contribution in [0, 0.1) is 6.92 Å². The van der Waals surface area contributed by atoms with Crippen molar-refractivity contribution in [2.75, 3.05) is 30.1 Å². The number of hydrogen-bond acceptors (Lipinski definition) is 4. The van der Waals surface area contributed by atoms with Gasteiger partial charge in [-0.25, -0.2) is 0 Å². The SMILES string of the molecule is C=CC(=O)N(Cc1cnn(C)c1C)c1ccc2c(c1)CCN2C(=O)COC. The lowest BCUT2D eigenvalue weighted by atomic mass is 10.1. The lowest BCUT2D eigenvalue weighted by molar-refractivity contribution is -0.122. The van der Waals surface area contributed by atoms with Crippen molar-refractivity contribution in [3.63, 3.8) is 0 Å². The Morgan fingerprint density at radius 1 is 1.41 bits per heavy atom. The number of aromatic nitrogens is 2. The van der Waals surface area contributed by atoms with Gasteiger partial charge >= 0.3 is 0 Å². The topological polar surface area (TPSA) is 67.7 Å². The second-order valence-corrected chi connectivity index (χ2v) is 6.55. The number of carbonyl (C=O) groups excluding carboxylic acids is 2. The number of carbonyl (C=O) groups is 2. The minimum atomic E-state index is -0.177. The van der Waals surface area contributed by atoms with Crippen LogP contribution in [0.5, 0.6) is 0 Å². The molecule has 1 aromatic heterocycles. The van der Waals surface area contributed by atoms with Gasteiger partial charge in [0.25, 0.3) is 11.8 Å². The van der Waals surface area contributed by atoms with E-state index in [1.165, 1.54) is 13.2 Å². The summed E-state index contributed by atoms with van der Waals surface area (Å²) in [6.07, 6.45) is 3.84. The highest BCUT2D eigenvalue weighted by molar-refractivity contribution is 6.02. The Bertz CT molecular complexity index is 887. The monoisotopic (exact) mass is 368 g/mol. The van der Waals surface area contributed by atoms with Crippen LogP contribution in [0.1, 0.15) is 16.8 Å². The second kappa shape index (κ2) is 7.75. The van der Waals surface area contributed by atoms with E-state index in [9.17, 15) is 9.59 Å². The Kier molecular flexibility index (Phi) is 5.41. The molecular weight excluding hydrogens is 344 g/mol. The third-order valence-electron chi connectivity index (χ3n) is 4.95. The van der Waals surface area contributed by atoms with Gasteiger partial charge in [0.15, 0.2) is 0 Å². The van der Waals surface area contributed by atoms with Crippen molar-refractivity contribution >= 4 is 23.2 Å². The van der Waals surface area contributed by atoms with Gasteiger partial charge in [-0.1, -0.05) is 6.58 Å². The van der Waals surface area contributed by atoms with Gasteiger partial charge < -0.3 is 14.5 Å². The number of hydrogen-bond donors (Lipinski definition) is 0. The molecule has 7 heteroatoms. The van der Waals surface area contributed by atoms with Gasteiger partial charge in [-0.15, -0.1) is 0 Å². The fourth-order valence-corrected chi connectivity index (χ4v) is 3.29. The first-order chi connectivity index (χ1) is 13.0. The van der Waals surface area contributed by atoms with Gasteiger partial charge in [0, 0.05) is 43.3 Å². The molecule has 0 spiro atoms. The third kappa shape index (κ3) is 3.64. The molecule has 0 fully saturated rings. The molecule has 142 valence electrons. The number of ether oxygens (including phenoxy) is 1. The fraction of sp³-hybridized carbons (Fsp3) is 0.350. The normalized spacial score (nSPS) is 12.8. The maximum Gasteiger partial charge on any atom is 0.252 e. The first kappa shape index (κ1) is 18.8. The smallest absolute Gasteiger partial charge is 0.252 e. The van der Waals surface area contributed by atoms with Crippen LogP contribution in [-0.4, -0.2) is 41.9 Å². The molecule has 0 saturated carbocycles. The van der Waals surface area contributed by atoms with Gasteiger partial charge in [0.2, 0.25) is 0 Å². The molecule has 0 N–H and O–H groups in total. The van der Waals surface area contributed by atoms with Crippen molar-refractivity contribution in [2.24, 2.45) is 7.05 Å². The highest BCUT2D eigenvalue weighted by Crippen LogP contribution is 2.32. The number of amides is 2. The summed E-state index contributed by atoms with van der Waals surface area (Å²) in [5, 5.41) is 4.25. The molecule has 2 amide bonds. The maximum atomic E-state index is 12.5. The first-order valence-corrected chi connectivity index (χ1v) is 8.80. The van der Waals surface area contributed by atoms with E-state index >= 15 is 0 Å². The number of anilines is 2. The fourth-order valence-electron chi connectivity index (χ4n) is 3.29. The zero-order chi connectivity index (χ0) is 19.6. The van der Waals surface area contributed by atoms with E-state index < -0.39 is 0 Å². The van der Waals surface area contributed by atoms with Crippen LogP contribution in [0.4, 0.5) is 11.4 Å². The summed E-state index contributed by atoms with van der Waals surface area (Å²) in [4.78, 5) is 28.1. The highest BCUT2D eigenvalue weighted by atomic mass is 16.5. The van der Waals surface area contributed by atoms with Crippen LogP contribution in [0.25, 0.3) is 0 Å².